The molecule has 9 heteroatoms. The van der Waals surface area contributed by atoms with Crippen molar-refractivity contribution in [2.45, 2.75) is 54.0 Å². The quantitative estimate of drug-likeness (QED) is 0.240. The molecule has 184 valence electrons. The van der Waals surface area contributed by atoms with Crippen LogP contribution in [0, 0.1) is 5.41 Å². The molecule has 0 spiro atoms. The van der Waals surface area contributed by atoms with Crippen molar-refractivity contribution in [1.29, 1.82) is 0 Å². The Balaban J connectivity index is 1.65. The Morgan fingerprint density at radius 3 is 2.65 bits per heavy atom. The van der Waals surface area contributed by atoms with Gasteiger partial charge in [0.25, 0.3) is 0 Å². The number of ether oxygens (including phenoxy) is 2. The van der Waals surface area contributed by atoms with Gasteiger partial charge >= 0.3 is 0 Å². The van der Waals surface area contributed by atoms with E-state index >= 15 is 0 Å². The SMILES string of the molecule is C=C(C)c1c(/C=C\COCCCCO/C=C/C=C(\C=C/C)c2nn[nH]n2)nnn1CC(C)(C)C. The van der Waals surface area contributed by atoms with E-state index in [1.807, 2.05) is 55.0 Å². The summed E-state index contributed by atoms with van der Waals surface area (Å²) in [6.07, 6.45) is 14.9. The van der Waals surface area contributed by atoms with Crippen LogP contribution in [0.15, 0.2) is 43.2 Å². The fourth-order valence-corrected chi connectivity index (χ4v) is 3.07. The monoisotopic (exact) mass is 467 g/mol. The Bertz CT molecular complexity index is 993. The maximum atomic E-state index is 5.69. The molecule has 9 nitrogen and oxygen atoms in total. The van der Waals surface area contributed by atoms with Crippen LogP contribution in [-0.2, 0) is 16.0 Å². The topological polar surface area (TPSA) is 104 Å². The highest BCUT2D eigenvalue weighted by molar-refractivity contribution is 5.70. The fourth-order valence-electron chi connectivity index (χ4n) is 3.07. The standard InChI is InChI=1S/C25H37N7O2/c1-7-12-21(24-27-29-30-28-24)13-10-17-33-15-8-9-16-34-18-11-14-22-23(20(2)3)32(31-26-22)19-25(4,5)6/h7,10-14,17H,2,8-9,15-16,18-19H2,1,3-6H3,(H,27,28,29,30)/b12-7-,14-11-,17-10+,21-13+. The number of aromatic nitrogens is 7. The van der Waals surface area contributed by atoms with Crippen LogP contribution in [0.1, 0.15) is 64.7 Å². The Morgan fingerprint density at radius 2 is 1.97 bits per heavy atom. The molecule has 34 heavy (non-hydrogen) atoms. The number of rotatable bonds is 14. The van der Waals surface area contributed by atoms with E-state index < -0.39 is 0 Å². The summed E-state index contributed by atoms with van der Waals surface area (Å²) in [6, 6.07) is 0. The lowest BCUT2D eigenvalue weighted by atomic mass is 9.97. The highest BCUT2D eigenvalue weighted by Crippen LogP contribution is 2.22. The lowest BCUT2D eigenvalue weighted by Crippen LogP contribution is -2.18. The van der Waals surface area contributed by atoms with Gasteiger partial charge in [-0.3, -0.25) is 0 Å². The normalized spacial score (nSPS) is 13.0. The van der Waals surface area contributed by atoms with Gasteiger partial charge in [0.2, 0.25) is 5.82 Å². The number of nitrogens with one attached hydrogen (secondary N) is 1. The number of hydrogen-bond acceptors (Lipinski definition) is 7. The summed E-state index contributed by atoms with van der Waals surface area (Å²) < 4.78 is 13.2. The van der Waals surface area contributed by atoms with Crippen molar-refractivity contribution in [2.75, 3.05) is 19.8 Å². The van der Waals surface area contributed by atoms with Crippen molar-refractivity contribution in [2.24, 2.45) is 5.41 Å². The first-order valence-corrected chi connectivity index (χ1v) is 11.5. The molecule has 0 aliphatic rings. The number of hydrogen-bond donors (Lipinski definition) is 1. The molecule has 1 N–H and O–H groups in total. The Kier molecular flexibility index (Phi) is 11.1. The van der Waals surface area contributed by atoms with Crippen molar-refractivity contribution >= 4 is 17.2 Å². The van der Waals surface area contributed by atoms with Gasteiger partial charge in [0.05, 0.1) is 25.2 Å². The molecular formula is C25H37N7O2. The van der Waals surface area contributed by atoms with Gasteiger partial charge in [0.15, 0.2) is 0 Å². The number of aromatic amines is 1. The predicted molar refractivity (Wildman–Crippen MR) is 135 cm³/mol. The smallest absolute Gasteiger partial charge is 0.204 e. The van der Waals surface area contributed by atoms with Crippen molar-refractivity contribution in [3.8, 4) is 0 Å². The summed E-state index contributed by atoms with van der Waals surface area (Å²) in [5, 5.41) is 22.6. The van der Waals surface area contributed by atoms with Gasteiger partial charge in [0, 0.05) is 18.7 Å². The third-order valence-electron chi connectivity index (χ3n) is 4.48. The zero-order valence-corrected chi connectivity index (χ0v) is 21.0. The van der Waals surface area contributed by atoms with E-state index in [1.165, 1.54) is 0 Å². The average Bonchev–Trinajstić information content (AvgIpc) is 3.43. The van der Waals surface area contributed by atoms with Gasteiger partial charge in [-0.05, 0) is 61.1 Å². The number of unbranched alkanes of at least 4 members (excludes halogenated alkanes) is 1. The molecule has 0 amide bonds. The molecule has 0 saturated carbocycles. The first kappa shape index (κ1) is 26.9. The second-order valence-corrected chi connectivity index (χ2v) is 9.06. The molecule has 2 heterocycles. The minimum absolute atomic E-state index is 0.114. The molecular weight excluding hydrogens is 430 g/mol. The van der Waals surface area contributed by atoms with Crippen LogP contribution in [0.4, 0.5) is 0 Å². The maximum absolute atomic E-state index is 5.69. The molecule has 0 aliphatic heterocycles. The molecule has 0 radical (unpaired) electrons. The molecule has 0 unspecified atom stereocenters. The van der Waals surface area contributed by atoms with Gasteiger partial charge < -0.3 is 9.47 Å². The van der Waals surface area contributed by atoms with E-state index in [4.69, 9.17) is 9.47 Å². The van der Waals surface area contributed by atoms with Crippen LogP contribution in [0.5, 0.6) is 0 Å². The molecule has 0 bridgehead atoms. The highest BCUT2D eigenvalue weighted by atomic mass is 16.5. The molecule has 2 aromatic rings. The van der Waals surface area contributed by atoms with Crippen LogP contribution < -0.4 is 0 Å². The Labute approximate surface area is 202 Å². The minimum Gasteiger partial charge on any atom is -0.501 e. The summed E-state index contributed by atoms with van der Waals surface area (Å²) >= 11 is 0. The first-order chi connectivity index (χ1) is 16.3. The minimum atomic E-state index is 0.114. The van der Waals surface area contributed by atoms with E-state index in [2.05, 4.69) is 58.3 Å². The maximum Gasteiger partial charge on any atom is 0.204 e. The zero-order valence-electron chi connectivity index (χ0n) is 21.0. The average molecular weight is 468 g/mol. The number of allylic oxidation sites excluding steroid dienone is 6. The molecule has 0 fully saturated rings. The lowest BCUT2D eigenvalue weighted by molar-refractivity contribution is 0.148. The van der Waals surface area contributed by atoms with E-state index in [-0.39, 0.29) is 5.41 Å². The third-order valence-corrected chi connectivity index (χ3v) is 4.48. The second kappa shape index (κ2) is 14.0. The summed E-state index contributed by atoms with van der Waals surface area (Å²) in [4.78, 5) is 0. The number of nitrogens with zero attached hydrogens (tertiary/aromatic N) is 6. The van der Waals surface area contributed by atoms with Crippen LogP contribution in [-0.4, -0.2) is 55.4 Å². The van der Waals surface area contributed by atoms with Gasteiger partial charge in [-0.15, -0.1) is 15.3 Å². The van der Waals surface area contributed by atoms with Crippen molar-refractivity contribution in [3.63, 3.8) is 0 Å². The highest BCUT2D eigenvalue weighted by Gasteiger charge is 2.17. The Hall–Kier alpha value is -3.33. The summed E-state index contributed by atoms with van der Waals surface area (Å²) in [6.45, 7) is 17.1. The molecule has 0 atom stereocenters. The third kappa shape index (κ3) is 9.66. The lowest BCUT2D eigenvalue weighted by Gasteiger charge is -2.19. The van der Waals surface area contributed by atoms with Gasteiger partial charge in [-0.2, -0.15) is 5.21 Å². The Morgan fingerprint density at radius 1 is 1.18 bits per heavy atom. The summed E-state index contributed by atoms with van der Waals surface area (Å²) in [5.74, 6) is 0.541. The van der Waals surface area contributed by atoms with Crippen LogP contribution in [0.25, 0.3) is 17.2 Å². The van der Waals surface area contributed by atoms with Crippen LogP contribution >= 0.6 is 0 Å². The fraction of sp³-hybridized carbons (Fsp3) is 0.480. The molecule has 2 aromatic heterocycles. The molecule has 2 rings (SSSR count). The van der Waals surface area contributed by atoms with E-state index in [0.29, 0.717) is 25.6 Å². The van der Waals surface area contributed by atoms with Crippen LogP contribution in [0.3, 0.4) is 0 Å². The zero-order chi connectivity index (χ0) is 24.8. The van der Waals surface area contributed by atoms with Gasteiger partial charge in [-0.25, -0.2) is 4.68 Å². The van der Waals surface area contributed by atoms with E-state index in [0.717, 1.165) is 41.9 Å². The first-order valence-electron chi connectivity index (χ1n) is 11.5. The number of H-pyrrole nitrogens is 1. The molecule has 0 aliphatic carbocycles. The van der Waals surface area contributed by atoms with Gasteiger partial charge in [-0.1, -0.05) is 50.8 Å². The van der Waals surface area contributed by atoms with Crippen molar-refractivity contribution in [1.82, 2.24) is 35.6 Å². The molecule has 0 saturated heterocycles. The number of tetrazole rings is 1. The van der Waals surface area contributed by atoms with Gasteiger partial charge in [0.1, 0.15) is 5.69 Å². The molecule has 0 aromatic carbocycles. The largest absolute Gasteiger partial charge is 0.501 e. The van der Waals surface area contributed by atoms with Crippen molar-refractivity contribution < 1.29 is 9.47 Å². The van der Waals surface area contributed by atoms with E-state index in [9.17, 15) is 0 Å². The summed E-state index contributed by atoms with van der Waals surface area (Å²) in [5.41, 5.74) is 3.72. The van der Waals surface area contributed by atoms with E-state index in [1.54, 1.807) is 6.26 Å². The second-order valence-electron chi connectivity index (χ2n) is 9.06. The van der Waals surface area contributed by atoms with Crippen molar-refractivity contribution in [3.05, 3.63) is 60.4 Å². The summed E-state index contributed by atoms with van der Waals surface area (Å²) in [7, 11) is 0. The predicted octanol–water partition coefficient (Wildman–Crippen LogP) is 4.87. The van der Waals surface area contributed by atoms with Crippen LogP contribution in [0.2, 0.25) is 0 Å².